The van der Waals surface area contributed by atoms with Crippen LogP contribution in [-0.4, -0.2) is 23.3 Å². The number of anilines is 1. The van der Waals surface area contributed by atoms with Crippen LogP contribution in [0.5, 0.6) is 0 Å². The fourth-order valence-corrected chi connectivity index (χ4v) is 2.98. The number of nitrogens with two attached hydrogens (primary N) is 2. The Morgan fingerprint density at radius 3 is 2.29 bits per heavy atom. The highest BCUT2D eigenvalue weighted by Gasteiger charge is 2.39. The molecule has 5 nitrogen and oxygen atoms in total. The number of hydrogen-bond acceptors (Lipinski definition) is 3. The molecule has 2 amide bonds. The highest BCUT2D eigenvalue weighted by molar-refractivity contribution is 5.87. The molecule has 0 aromatic heterocycles. The average molecular weight is 289 g/mol. The fraction of sp³-hybridized carbons (Fsp3) is 0.500. The summed E-state index contributed by atoms with van der Waals surface area (Å²) in [6, 6.07) is 7.32. The molecule has 0 unspecified atom stereocenters. The van der Waals surface area contributed by atoms with Gasteiger partial charge in [-0.3, -0.25) is 9.59 Å². The van der Waals surface area contributed by atoms with E-state index >= 15 is 0 Å². The molecule has 5 heteroatoms. The van der Waals surface area contributed by atoms with Crippen LogP contribution in [0.25, 0.3) is 0 Å². The zero-order chi connectivity index (χ0) is 15.5. The van der Waals surface area contributed by atoms with Gasteiger partial charge in [-0.25, -0.2) is 0 Å². The Hall–Kier alpha value is -2.04. The predicted molar refractivity (Wildman–Crippen MR) is 82.0 cm³/mol. The molecular formula is C16H23N3O2. The van der Waals surface area contributed by atoms with Crippen molar-refractivity contribution < 1.29 is 9.59 Å². The minimum atomic E-state index is -0.486. The molecule has 4 N–H and O–H groups in total. The third-order valence-electron chi connectivity index (χ3n) is 4.21. The molecule has 1 aliphatic carbocycles. The van der Waals surface area contributed by atoms with Crippen molar-refractivity contribution in [1.29, 1.82) is 0 Å². The van der Waals surface area contributed by atoms with E-state index in [0.29, 0.717) is 12.2 Å². The van der Waals surface area contributed by atoms with Crippen molar-refractivity contribution in [1.82, 2.24) is 4.90 Å². The minimum absolute atomic E-state index is 0.0237. The monoisotopic (exact) mass is 289 g/mol. The van der Waals surface area contributed by atoms with E-state index in [1.807, 2.05) is 19.1 Å². The van der Waals surface area contributed by atoms with Crippen molar-refractivity contribution in [2.45, 2.75) is 39.2 Å². The molecule has 0 heterocycles. The van der Waals surface area contributed by atoms with Crippen LogP contribution in [0, 0.1) is 5.41 Å². The Labute approximate surface area is 125 Å². The van der Waals surface area contributed by atoms with E-state index < -0.39 is 5.91 Å². The van der Waals surface area contributed by atoms with Gasteiger partial charge in [0, 0.05) is 17.6 Å². The van der Waals surface area contributed by atoms with Crippen LogP contribution in [-0.2, 0) is 16.1 Å². The molecular weight excluding hydrogens is 266 g/mol. The molecule has 21 heavy (non-hydrogen) atoms. The molecule has 1 fully saturated rings. The normalized spacial score (nSPS) is 16.6. The van der Waals surface area contributed by atoms with Crippen molar-refractivity contribution >= 4 is 17.5 Å². The van der Waals surface area contributed by atoms with Crippen molar-refractivity contribution in [2.75, 3.05) is 12.3 Å². The second-order valence-electron chi connectivity index (χ2n) is 6.14. The topological polar surface area (TPSA) is 89.4 Å². The Balaban J connectivity index is 2.15. The van der Waals surface area contributed by atoms with Gasteiger partial charge in [-0.15, -0.1) is 0 Å². The van der Waals surface area contributed by atoms with E-state index in [1.54, 1.807) is 17.0 Å². The maximum absolute atomic E-state index is 12.8. The first-order chi connectivity index (χ1) is 9.90. The van der Waals surface area contributed by atoms with Crippen LogP contribution < -0.4 is 11.5 Å². The number of rotatable bonds is 5. The van der Waals surface area contributed by atoms with E-state index in [1.165, 1.54) is 0 Å². The summed E-state index contributed by atoms with van der Waals surface area (Å²) in [6.45, 7) is 2.33. The molecule has 1 aliphatic rings. The molecule has 1 saturated carbocycles. The summed E-state index contributed by atoms with van der Waals surface area (Å²) < 4.78 is 0. The highest BCUT2D eigenvalue weighted by atomic mass is 16.2. The summed E-state index contributed by atoms with van der Waals surface area (Å²) >= 11 is 0. The lowest BCUT2D eigenvalue weighted by atomic mass is 9.87. The van der Waals surface area contributed by atoms with Gasteiger partial charge in [0.15, 0.2) is 0 Å². The van der Waals surface area contributed by atoms with E-state index in [2.05, 4.69) is 0 Å². The van der Waals surface area contributed by atoms with Gasteiger partial charge in [0.25, 0.3) is 0 Å². The van der Waals surface area contributed by atoms with Crippen LogP contribution in [0.3, 0.4) is 0 Å². The smallest absolute Gasteiger partial charge is 0.237 e. The zero-order valence-corrected chi connectivity index (χ0v) is 12.5. The SMILES string of the molecule is CC1(C(=O)N(CC(N)=O)Cc2ccc(N)cc2)CCCC1. The predicted octanol–water partition coefficient (Wildman–Crippen LogP) is 1.66. The lowest BCUT2D eigenvalue weighted by molar-refractivity contribution is -0.144. The lowest BCUT2D eigenvalue weighted by Gasteiger charge is -2.31. The summed E-state index contributed by atoms with van der Waals surface area (Å²) in [4.78, 5) is 25.6. The third-order valence-corrected chi connectivity index (χ3v) is 4.21. The number of primary amides is 1. The van der Waals surface area contributed by atoms with Crippen LogP contribution >= 0.6 is 0 Å². The summed E-state index contributed by atoms with van der Waals surface area (Å²) in [5, 5.41) is 0. The molecule has 2 rings (SSSR count). The maximum Gasteiger partial charge on any atom is 0.237 e. The summed E-state index contributed by atoms with van der Waals surface area (Å²) in [6.07, 6.45) is 3.88. The fourth-order valence-electron chi connectivity index (χ4n) is 2.98. The maximum atomic E-state index is 12.8. The average Bonchev–Trinajstić information content (AvgIpc) is 2.87. The third kappa shape index (κ3) is 3.74. The largest absolute Gasteiger partial charge is 0.399 e. The molecule has 1 aromatic carbocycles. The van der Waals surface area contributed by atoms with E-state index in [9.17, 15) is 9.59 Å². The van der Waals surface area contributed by atoms with Gasteiger partial charge in [-0.05, 0) is 30.5 Å². The number of carbonyl (C=O) groups excluding carboxylic acids is 2. The van der Waals surface area contributed by atoms with Gasteiger partial charge in [-0.1, -0.05) is 31.9 Å². The highest BCUT2D eigenvalue weighted by Crippen LogP contribution is 2.39. The van der Waals surface area contributed by atoms with Gasteiger partial charge in [0.1, 0.15) is 0 Å². The Kier molecular flexibility index (Phi) is 4.50. The van der Waals surface area contributed by atoms with Crippen LogP contribution in [0.4, 0.5) is 5.69 Å². The Bertz CT molecular complexity index is 519. The van der Waals surface area contributed by atoms with Gasteiger partial charge in [-0.2, -0.15) is 0 Å². The first-order valence-corrected chi connectivity index (χ1v) is 7.33. The summed E-state index contributed by atoms with van der Waals surface area (Å²) in [5.41, 5.74) is 12.2. The number of amides is 2. The molecule has 0 atom stereocenters. The molecule has 114 valence electrons. The van der Waals surface area contributed by atoms with Crippen LogP contribution in [0.2, 0.25) is 0 Å². The minimum Gasteiger partial charge on any atom is -0.399 e. The molecule has 0 radical (unpaired) electrons. The Morgan fingerprint density at radius 2 is 1.76 bits per heavy atom. The molecule has 0 spiro atoms. The van der Waals surface area contributed by atoms with E-state index in [4.69, 9.17) is 11.5 Å². The van der Waals surface area contributed by atoms with Gasteiger partial charge >= 0.3 is 0 Å². The summed E-state index contributed by atoms with van der Waals surface area (Å²) in [5.74, 6) is -0.462. The zero-order valence-electron chi connectivity index (χ0n) is 12.5. The second-order valence-corrected chi connectivity index (χ2v) is 6.14. The van der Waals surface area contributed by atoms with Crippen LogP contribution in [0.1, 0.15) is 38.2 Å². The number of carbonyl (C=O) groups is 2. The van der Waals surface area contributed by atoms with Gasteiger partial charge in [0.05, 0.1) is 6.54 Å². The number of hydrogen-bond donors (Lipinski definition) is 2. The first-order valence-electron chi connectivity index (χ1n) is 7.33. The number of nitrogens with zero attached hydrogens (tertiary/aromatic N) is 1. The molecule has 0 bridgehead atoms. The van der Waals surface area contributed by atoms with E-state index in [0.717, 1.165) is 31.2 Å². The van der Waals surface area contributed by atoms with E-state index in [-0.39, 0.29) is 17.9 Å². The lowest BCUT2D eigenvalue weighted by Crippen LogP contribution is -2.44. The van der Waals surface area contributed by atoms with Crippen molar-refractivity contribution in [3.8, 4) is 0 Å². The standard InChI is InChI=1S/C16H23N3O2/c1-16(8-2-3-9-16)15(21)19(11-14(18)20)10-12-4-6-13(17)7-5-12/h4-7H,2-3,8-11,17H2,1H3,(H2,18,20). The van der Waals surface area contributed by atoms with Crippen molar-refractivity contribution in [3.05, 3.63) is 29.8 Å². The van der Waals surface area contributed by atoms with Crippen LogP contribution in [0.15, 0.2) is 24.3 Å². The van der Waals surface area contributed by atoms with Gasteiger partial charge in [0.2, 0.25) is 11.8 Å². The van der Waals surface area contributed by atoms with Crippen molar-refractivity contribution in [2.24, 2.45) is 11.1 Å². The molecule has 0 aliphatic heterocycles. The molecule has 1 aromatic rings. The Morgan fingerprint density at radius 1 is 1.19 bits per heavy atom. The van der Waals surface area contributed by atoms with Gasteiger partial charge < -0.3 is 16.4 Å². The molecule has 0 saturated heterocycles. The number of nitrogen functional groups attached to an aromatic ring is 1. The number of benzene rings is 1. The second kappa shape index (κ2) is 6.16. The summed E-state index contributed by atoms with van der Waals surface area (Å²) in [7, 11) is 0. The quantitative estimate of drug-likeness (QED) is 0.808. The first kappa shape index (κ1) is 15.4. The van der Waals surface area contributed by atoms with Crippen molar-refractivity contribution in [3.63, 3.8) is 0 Å².